The molecule has 2 aromatic carbocycles. The number of benzene rings is 2. The summed E-state index contributed by atoms with van der Waals surface area (Å²) >= 11 is 0. The Morgan fingerprint density at radius 2 is 1.32 bits per heavy atom. The van der Waals surface area contributed by atoms with Crippen LogP contribution in [0.25, 0.3) is 22.5 Å². The van der Waals surface area contributed by atoms with E-state index in [0.717, 1.165) is 27.9 Å². The van der Waals surface area contributed by atoms with E-state index in [1.807, 2.05) is 6.07 Å². The topological polar surface area (TPSA) is 164 Å². The molecule has 11 nitrogen and oxygen atoms in total. The van der Waals surface area contributed by atoms with Crippen molar-refractivity contribution in [1.82, 2.24) is 19.9 Å². The number of carbonyl (C=O) groups is 2. The molecule has 0 aliphatic carbocycles. The van der Waals surface area contributed by atoms with Crippen molar-refractivity contribution in [2.75, 3.05) is 7.11 Å². The van der Waals surface area contributed by atoms with E-state index in [9.17, 15) is 9.59 Å². The number of fused-ring (bicyclic) bond motifs is 6. The van der Waals surface area contributed by atoms with Crippen molar-refractivity contribution in [2.24, 2.45) is 0 Å². The van der Waals surface area contributed by atoms with Gasteiger partial charge in [0.2, 0.25) is 0 Å². The molecule has 4 aromatic rings. The Morgan fingerprint density at radius 1 is 0.838 bits per heavy atom. The Balaban J connectivity index is 0.000000195. The maximum absolute atomic E-state index is 11.5. The molecule has 0 atom stereocenters. The van der Waals surface area contributed by atoms with Crippen molar-refractivity contribution in [3.63, 3.8) is 0 Å². The third kappa shape index (κ3) is 5.44. The first-order valence-corrected chi connectivity index (χ1v) is 10.5. The van der Waals surface area contributed by atoms with Crippen molar-refractivity contribution in [1.29, 1.82) is 0 Å². The largest absolute Gasteiger partial charge is 1.00 e. The number of rotatable bonds is 2. The number of aromatic carboxylic acids is 1. The van der Waals surface area contributed by atoms with E-state index in [2.05, 4.69) is 19.9 Å². The van der Waals surface area contributed by atoms with Gasteiger partial charge < -0.3 is 24.8 Å². The molecule has 6 rings (SSSR count). The van der Waals surface area contributed by atoms with Gasteiger partial charge in [-0.1, -0.05) is 12.1 Å². The first kappa shape index (κ1) is 27.3. The van der Waals surface area contributed by atoms with Gasteiger partial charge in [0.1, 0.15) is 37.3 Å². The van der Waals surface area contributed by atoms with Crippen LogP contribution in [0, 0.1) is 0 Å². The maximum Gasteiger partial charge on any atom is 1.00 e. The van der Waals surface area contributed by atoms with Crippen LogP contribution in [0.3, 0.4) is 0 Å². The van der Waals surface area contributed by atoms with Gasteiger partial charge in [-0.15, -0.1) is 0 Å². The molecule has 2 aliphatic heterocycles. The minimum absolute atomic E-state index is 0. The van der Waals surface area contributed by atoms with Gasteiger partial charge in [-0.25, -0.2) is 29.5 Å². The van der Waals surface area contributed by atoms with Crippen molar-refractivity contribution in [3.05, 3.63) is 83.7 Å². The average Bonchev–Trinajstić information content (AvgIpc) is 2.92. The number of nitrogens with zero attached hydrogens (tertiary/aromatic N) is 4. The number of hydrogen-bond acceptors (Lipinski definition) is 10. The van der Waals surface area contributed by atoms with Crippen molar-refractivity contribution < 1.29 is 53.2 Å². The molecule has 0 bridgehead atoms. The molecule has 0 fully saturated rings. The Bertz CT molecular complexity index is 1460. The minimum Gasteiger partial charge on any atom is -0.870 e. The predicted octanol–water partition coefficient (Wildman–Crippen LogP) is 0.384. The number of hydrogen-bond donors (Lipinski definition) is 1. The number of carbonyl (C=O) groups excluding carboxylic acids is 1. The molecule has 0 saturated heterocycles. The summed E-state index contributed by atoms with van der Waals surface area (Å²) in [4.78, 5) is 38.5. The van der Waals surface area contributed by atoms with Gasteiger partial charge in [0.25, 0.3) is 0 Å². The Labute approximate surface area is 223 Å². The molecule has 0 amide bonds. The van der Waals surface area contributed by atoms with Crippen LogP contribution in [0.4, 0.5) is 0 Å². The summed E-state index contributed by atoms with van der Waals surface area (Å²) in [5.41, 5.74) is 5.84. The third-order valence-electron chi connectivity index (χ3n) is 5.51. The monoisotopic (exact) mass is 494 g/mol. The summed E-state index contributed by atoms with van der Waals surface area (Å²) in [5.74, 6) is -0.00791. The predicted molar refractivity (Wildman–Crippen MR) is 124 cm³/mol. The normalized spacial score (nSPS) is 11.5. The molecule has 4 heterocycles. The van der Waals surface area contributed by atoms with E-state index in [0.29, 0.717) is 36.0 Å². The molecule has 37 heavy (non-hydrogen) atoms. The van der Waals surface area contributed by atoms with Gasteiger partial charge in [0.15, 0.2) is 11.5 Å². The first-order chi connectivity index (χ1) is 17.0. The fourth-order valence-corrected chi connectivity index (χ4v) is 3.83. The van der Waals surface area contributed by atoms with Crippen LogP contribution in [0.2, 0.25) is 0 Å². The third-order valence-corrected chi connectivity index (χ3v) is 5.51. The van der Waals surface area contributed by atoms with Crippen LogP contribution in [0.15, 0.2) is 61.4 Å². The molecule has 182 valence electrons. The Morgan fingerprint density at radius 3 is 1.81 bits per heavy atom. The summed E-state index contributed by atoms with van der Waals surface area (Å²) in [6, 6.07) is 10.3. The van der Waals surface area contributed by atoms with E-state index in [1.54, 1.807) is 42.7 Å². The van der Waals surface area contributed by atoms with Crippen LogP contribution in [-0.4, -0.2) is 49.6 Å². The Kier molecular flexibility index (Phi) is 8.57. The summed E-state index contributed by atoms with van der Waals surface area (Å²) < 4.78 is 15.7. The fraction of sp³-hybridized carbons (Fsp3) is 0.120. The number of ether oxygens (including phenoxy) is 3. The Hall–Kier alpha value is -4.30. The van der Waals surface area contributed by atoms with E-state index >= 15 is 0 Å². The molecule has 0 unspecified atom stereocenters. The van der Waals surface area contributed by atoms with E-state index in [1.165, 1.54) is 19.8 Å². The standard InChI is InChI=1S/C13H10N2O3.C12H8N2O3.Li.H2O/c1-17-13(16)8-2-3-10-9(4-8)6-18-11-5-14-7-15-12(10)11;15-12(16)7-1-2-9-8(3-7)5-17-10-4-13-6-14-11(9)10;;/h2-5,7H,6H2,1H3;1-4,6H,5H2,(H,15,16);;1H2/q;;+1;/p-1. The number of carboxylic acids is 1. The van der Waals surface area contributed by atoms with E-state index in [-0.39, 0.29) is 35.9 Å². The van der Waals surface area contributed by atoms with Crippen LogP contribution in [0.5, 0.6) is 11.5 Å². The summed E-state index contributed by atoms with van der Waals surface area (Å²) in [6.07, 6.45) is 6.17. The quantitative estimate of drug-likeness (QED) is 0.303. The summed E-state index contributed by atoms with van der Waals surface area (Å²) in [5, 5.41) is 8.92. The van der Waals surface area contributed by atoms with Gasteiger partial charge in [-0.05, 0) is 35.4 Å². The number of methoxy groups -OCH3 is 1. The van der Waals surface area contributed by atoms with Gasteiger partial charge >= 0.3 is 30.8 Å². The molecular weight excluding hydrogens is 475 g/mol. The zero-order valence-corrected chi connectivity index (χ0v) is 19.9. The molecule has 2 N–H and O–H groups in total. The number of aromatic nitrogens is 4. The van der Waals surface area contributed by atoms with Crippen LogP contribution >= 0.6 is 0 Å². The zero-order valence-electron chi connectivity index (χ0n) is 19.9. The van der Waals surface area contributed by atoms with E-state index in [4.69, 9.17) is 19.3 Å². The summed E-state index contributed by atoms with van der Waals surface area (Å²) in [6.45, 7) is 0.747. The second-order valence-corrected chi connectivity index (χ2v) is 7.59. The van der Waals surface area contributed by atoms with E-state index < -0.39 is 5.97 Å². The maximum atomic E-state index is 11.5. The van der Waals surface area contributed by atoms with Crippen LogP contribution < -0.4 is 28.3 Å². The second kappa shape index (κ2) is 11.6. The fourth-order valence-electron chi connectivity index (χ4n) is 3.83. The van der Waals surface area contributed by atoms with Crippen molar-refractivity contribution in [2.45, 2.75) is 13.2 Å². The van der Waals surface area contributed by atoms with Gasteiger partial charge in [-0.2, -0.15) is 0 Å². The second-order valence-electron chi connectivity index (χ2n) is 7.59. The minimum atomic E-state index is -0.943. The molecule has 0 spiro atoms. The molecule has 0 saturated carbocycles. The van der Waals surface area contributed by atoms with Crippen molar-refractivity contribution >= 4 is 11.9 Å². The molecular formula is C25H19LiN4O7. The average molecular weight is 494 g/mol. The molecule has 2 aliphatic rings. The molecule has 2 aromatic heterocycles. The van der Waals surface area contributed by atoms with Gasteiger partial charge in [-0.3, -0.25) is 0 Å². The molecule has 12 heteroatoms. The van der Waals surface area contributed by atoms with Gasteiger partial charge in [0.05, 0.1) is 30.6 Å². The smallest absolute Gasteiger partial charge is 0.870 e. The number of esters is 1. The SMILES string of the molecule is COC(=O)c1ccc2c(c1)COc1cncnc1-2.O=C(O)c1ccc2c(c1)COc1cncnc1-2.[Li+].[OH-]. The van der Waals surface area contributed by atoms with Gasteiger partial charge in [0, 0.05) is 11.1 Å². The number of carboxylic acid groups (broad SMARTS) is 1. The van der Waals surface area contributed by atoms with Crippen LogP contribution in [0.1, 0.15) is 31.8 Å². The van der Waals surface area contributed by atoms with Crippen molar-refractivity contribution in [3.8, 4) is 34.0 Å². The first-order valence-electron chi connectivity index (χ1n) is 10.5. The summed E-state index contributed by atoms with van der Waals surface area (Å²) in [7, 11) is 1.36. The van der Waals surface area contributed by atoms with Crippen LogP contribution in [-0.2, 0) is 18.0 Å². The zero-order chi connectivity index (χ0) is 24.4. The molecule has 0 radical (unpaired) electrons.